The van der Waals surface area contributed by atoms with Gasteiger partial charge in [0, 0.05) is 31.4 Å². The lowest BCUT2D eigenvalue weighted by molar-refractivity contribution is 0.0159. The molecule has 1 fully saturated rings. The Labute approximate surface area is 130 Å². The summed E-state index contributed by atoms with van der Waals surface area (Å²) in [6.45, 7) is 9.08. The molecule has 1 aliphatic rings. The van der Waals surface area contributed by atoms with Crippen LogP contribution in [0.25, 0.3) is 0 Å². The highest BCUT2D eigenvalue weighted by Gasteiger charge is 2.31. The summed E-state index contributed by atoms with van der Waals surface area (Å²) in [5.41, 5.74) is 5.98. The molecule has 1 heterocycles. The van der Waals surface area contributed by atoms with E-state index in [1.807, 2.05) is 32.6 Å². The SMILES string of the molecule is CC1CN(c2ccc(N)cc2F)CCN1C(=O)OC(C)(C)C. The maximum absolute atomic E-state index is 14.0. The number of hydrogen-bond acceptors (Lipinski definition) is 4. The lowest BCUT2D eigenvalue weighted by atomic mass is 10.1. The van der Waals surface area contributed by atoms with E-state index < -0.39 is 5.60 Å². The van der Waals surface area contributed by atoms with Crippen molar-refractivity contribution in [2.75, 3.05) is 30.3 Å². The van der Waals surface area contributed by atoms with Gasteiger partial charge < -0.3 is 20.3 Å². The molecule has 0 saturated carbocycles. The molecule has 1 aromatic carbocycles. The molecule has 1 aliphatic heterocycles. The second-order valence-electron chi connectivity index (χ2n) is 6.68. The highest BCUT2D eigenvalue weighted by atomic mass is 19.1. The first-order chi connectivity index (χ1) is 10.2. The third-order valence-electron chi connectivity index (χ3n) is 3.57. The fraction of sp³-hybridized carbons (Fsp3) is 0.562. The number of ether oxygens (including phenoxy) is 1. The molecule has 1 saturated heterocycles. The van der Waals surface area contributed by atoms with Crippen LogP contribution in [0.5, 0.6) is 0 Å². The molecule has 0 bridgehead atoms. The number of nitrogens with zero attached hydrogens (tertiary/aromatic N) is 2. The first kappa shape index (κ1) is 16.4. The van der Waals surface area contributed by atoms with Gasteiger partial charge in [-0.3, -0.25) is 0 Å². The Bertz CT molecular complexity index is 557. The van der Waals surface area contributed by atoms with E-state index in [1.54, 1.807) is 17.0 Å². The van der Waals surface area contributed by atoms with Crippen molar-refractivity contribution in [2.45, 2.75) is 39.3 Å². The van der Waals surface area contributed by atoms with E-state index in [9.17, 15) is 9.18 Å². The van der Waals surface area contributed by atoms with Crippen LogP contribution in [0.4, 0.5) is 20.6 Å². The maximum atomic E-state index is 14.0. The lowest BCUT2D eigenvalue weighted by Crippen LogP contribution is -2.55. The zero-order chi connectivity index (χ0) is 16.5. The number of benzene rings is 1. The highest BCUT2D eigenvalue weighted by Crippen LogP contribution is 2.25. The van der Waals surface area contributed by atoms with E-state index in [0.29, 0.717) is 31.0 Å². The van der Waals surface area contributed by atoms with Crippen LogP contribution in [0.1, 0.15) is 27.7 Å². The van der Waals surface area contributed by atoms with Gasteiger partial charge in [0.05, 0.1) is 5.69 Å². The molecule has 1 unspecified atom stereocenters. The lowest BCUT2D eigenvalue weighted by Gasteiger charge is -2.41. The monoisotopic (exact) mass is 309 g/mol. The Kier molecular flexibility index (Phi) is 4.49. The Morgan fingerprint density at radius 2 is 2.05 bits per heavy atom. The quantitative estimate of drug-likeness (QED) is 0.810. The second kappa shape index (κ2) is 6.02. The first-order valence-corrected chi connectivity index (χ1v) is 7.47. The molecular formula is C16H24FN3O2. The summed E-state index contributed by atoms with van der Waals surface area (Å²) in [5.74, 6) is -0.335. The van der Waals surface area contributed by atoms with Crippen molar-refractivity contribution in [2.24, 2.45) is 0 Å². The van der Waals surface area contributed by atoms with Crippen LogP contribution >= 0.6 is 0 Å². The van der Waals surface area contributed by atoms with Gasteiger partial charge >= 0.3 is 6.09 Å². The van der Waals surface area contributed by atoms with Gasteiger partial charge in [-0.15, -0.1) is 0 Å². The van der Waals surface area contributed by atoms with Crippen LogP contribution in [-0.4, -0.2) is 42.3 Å². The highest BCUT2D eigenvalue weighted by molar-refractivity contribution is 5.69. The van der Waals surface area contributed by atoms with Crippen molar-refractivity contribution in [3.8, 4) is 0 Å². The van der Waals surface area contributed by atoms with E-state index in [4.69, 9.17) is 10.5 Å². The van der Waals surface area contributed by atoms with Gasteiger partial charge in [-0.1, -0.05) is 0 Å². The van der Waals surface area contributed by atoms with Gasteiger partial charge in [-0.25, -0.2) is 9.18 Å². The van der Waals surface area contributed by atoms with E-state index in [2.05, 4.69) is 0 Å². The van der Waals surface area contributed by atoms with Gasteiger partial charge in [0.15, 0.2) is 0 Å². The molecule has 1 atom stereocenters. The van der Waals surface area contributed by atoms with Gasteiger partial charge in [-0.2, -0.15) is 0 Å². The van der Waals surface area contributed by atoms with Crippen LogP contribution in [0, 0.1) is 5.82 Å². The molecule has 122 valence electrons. The summed E-state index contributed by atoms with van der Waals surface area (Å²) in [6, 6.07) is 4.63. The summed E-state index contributed by atoms with van der Waals surface area (Å²) in [4.78, 5) is 15.8. The molecule has 0 spiro atoms. The number of anilines is 2. The Hall–Kier alpha value is -1.98. The Morgan fingerprint density at radius 3 is 2.59 bits per heavy atom. The largest absolute Gasteiger partial charge is 0.444 e. The number of halogens is 1. The van der Waals surface area contributed by atoms with Gasteiger partial charge in [0.1, 0.15) is 11.4 Å². The number of carbonyl (C=O) groups is 1. The van der Waals surface area contributed by atoms with Crippen LogP contribution < -0.4 is 10.6 Å². The molecule has 22 heavy (non-hydrogen) atoms. The molecule has 2 rings (SSSR count). The molecular weight excluding hydrogens is 285 g/mol. The summed E-state index contributed by atoms with van der Waals surface area (Å²) < 4.78 is 19.4. The number of carbonyl (C=O) groups excluding carboxylic acids is 1. The molecule has 5 nitrogen and oxygen atoms in total. The van der Waals surface area contributed by atoms with Crippen molar-refractivity contribution in [1.29, 1.82) is 0 Å². The summed E-state index contributed by atoms with van der Waals surface area (Å²) in [5, 5.41) is 0. The van der Waals surface area contributed by atoms with Crippen molar-refractivity contribution in [3.05, 3.63) is 24.0 Å². The zero-order valence-electron chi connectivity index (χ0n) is 13.6. The zero-order valence-corrected chi connectivity index (χ0v) is 13.6. The van der Waals surface area contributed by atoms with E-state index in [-0.39, 0.29) is 18.0 Å². The van der Waals surface area contributed by atoms with Gasteiger partial charge in [0.25, 0.3) is 0 Å². The van der Waals surface area contributed by atoms with Crippen LogP contribution in [0.2, 0.25) is 0 Å². The number of piperazine rings is 1. The number of amides is 1. The molecule has 0 radical (unpaired) electrons. The summed E-state index contributed by atoms with van der Waals surface area (Å²) in [6.07, 6.45) is -0.322. The predicted octanol–water partition coefficient (Wildman–Crippen LogP) is 2.85. The van der Waals surface area contributed by atoms with Crippen molar-refractivity contribution in [3.63, 3.8) is 0 Å². The van der Waals surface area contributed by atoms with Crippen LogP contribution in [-0.2, 0) is 4.74 Å². The fourth-order valence-corrected chi connectivity index (χ4v) is 2.55. The minimum Gasteiger partial charge on any atom is -0.444 e. The molecule has 6 heteroatoms. The number of nitrogen functional groups attached to an aromatic ring is 1. The fourth-order valence-electron chi connectivity index (χ4n) is 2.55. The van der Waals surface area contributed by atoms with Crippen molar-refractivity contribution in [1.82, 2.24) is 4.90 Å². The molecule has 0 aromatic heterocycles. The summed E-state index contributed by atoms with van der Waals surface area (Å²) in [7, 11) is 0. The number of hydrogen-bond donors (Lipinski definition) is 1. The number of nitrogens with two attached hydrogens (primary N) is 1. The molecule has 1 amide bonds. The average molecular weight is 309 g/mol. The van der Waals surface area contributed by atoms with Crippen molar-refractivity contribution >= 4 is 17.5 Å². The van der Waals surface area contributed by atoms with Gasteiger partial charge in [0.2, 0.25) is 0 Å². The predicted molar refractivity (Wildman–Crippen MR) is 85.4 cm³/mol. The molecule has 2 N–H and O–H groups in total. The maximum Gasteiger partial charge on any atom is 0.410 e. The van der Waals surface area contributed by atoms with Gasteiger partial charge in [-0.05, 0) is 45.9 Å². The van der Waals surface area contributed by atoms with E-state index in [0.717, 1.165) is 0 Å². The smallest absolute Gasteiger partial charge is 0.410 e. The van der Waals surface area contributed by atoms with Crippen LogP contribution in [0.3, 0.4) is 0 Å². The van der Waals surface area contributed by atoms with Crippen molar-refractivity contribution < 1.29 is 13.9 Å². The Morgan fingerprint density at radius 1 is 1.36 bits per heavy atom. The van der Waals surface area contributed by atoms with E-state index in [1.165, 1.54) is 6.07 Å². The normalized spacial score (nSPS) is 19.2. The minimum absolute atomic E-state index is 0.0550. The molecule has 0 aliphatic carbocycles. The first-order valence-electron chi connectivity index (χ1n) is 7.47. The topological polar surface area (TPSA) is 58.8 Å². The Balaban J connectivity index is 2.05. The minimum atomic E-state index is -0.517. The average Bonchev–Trinajstić information content (AvgIpc) is 2.36. The van der Waals surface area contributed by atoms with Crippen LogP contribution in [0.15, 0.2) is 18.2 Å². The third kappa shape index (κ3) is 3.81. The standard InChI is InChI=1S/C16H24FN3O2/c1-11-10-19(14-6-5-12(18)9-13(14)17)7-8-20(11)15(21)22-16(2,3)4/h5-6,9,11H,7-8,10,18H2,1-4H3. The number of rotatable bonds is 1. The van der Waals surface area contributed by atoms with E-state index >= 15 is 0 Å². The molecule has 1 aromatic rings. The summed E-state index contributed by atoms with van der Waals surface area (Å²) >= 11 is 0. The second-order valence-corrected chi connectivity index (χ2v) is 6.68. The third-order valence-corrected chi connectivity index (χ3v) is 3.57.